The number of hydrogen-bond acceptors (Lipinski definition) is 3. The maximum absolute atomic E-state index is 11.7. The van der Waals surface area contributed by atoms with Gasteiger partial charge in [0.25, 0.3) is 0 Å². The van der Waals surface area contributed by atoms with E-state index in [-0.39, 0.29) is 12.5 Å². The fraction of sp³-hybridized carbons (Fsp3) is 0.500. The monoisotopic (exact) mass is 279 g/mol. The molecule has 0 bridgehead atoms. The summed E-state index contributed by atoms with van der Waals surface area (Å²) in [6.45, 7) is 5.85. The lowest BCUT2D eigenvalue weighted by atomic mass is 9.99. The molecule has 2 amide bonds. The number of pyridine rings is 1. The van der Waals surface area contributed by atoms with Crippen LogP contribution in [0.4, 0.5) is 4.79 Å². The van der Waals surface area contributed by atoms with E-state index in [0.717, 1.165) is 11.3 Å². The van der Waals surface area contributed by atoms with Crippen LogP contribution in [0.1, 0.15) is 31.5 Å². The Balaban J connectivity index is 2.55. The molecule has 0 aliphatic heterocycles. The smallest absolute Gasteiger partial charge is 0.326 e. The number of aryl methyl sites for hydroxylation is 1. The van der Waals surface area contributed by atoms with Crippen molar-refractivity contribution < 1.29 is 14.7 Å². The van der Waals surface area contributed by atoms with Gasteiger partial charge in [-0.05, 0) is 24.5 Å². The first-order valence-corrected chi connectivity index (χ1v) is 6.63. The number of carboxylic acid groups (broad SMARTS) is 1. The molecule has 6 nitrogen and oxygen atoms in total. The predicted octanol–water partition coefficient (Wildman–Crippen LogP) is 1.69. The van der Waals surface area contributed by atoms with Crippen molar-refractivity contribution in [2.75, 3.05) is 0 Å². The van der Waals surface area contributed by atoms with Gasteiger partial charge in [0.2, 0.25) is 0 Å². The lowest BCUT2D eigenvalue weighted by molar-refractivity contribution is -0.140. The van der Waals surface area contributed by atoms with Crippen LogP contribution in [0.5, 0.6) is 0 Å². The fourth-order valence-electron chi connectivity index (χ4n) is 1.74. The van der Waals surface area contributed by atoms with Crippen LogP contribution in [0, 0.1) is 12.8 Å². The van der Waals surface area contributed by atoms with Crippen molar-refractivity contribution >= 4 is 12.0 Å². The van der Waals surface area contributed by atoms with Crippen molar-refractivity contribution in [3.05, 3.63) is 29.6 Å². The Hall–Kier alpha value is -2.11. The van der Waals surface area contributed by atoms with Gasteiger partial charge >= 0.3 is 12.0 Å². The first-order chi connectivity index (χ1) is 9.45. The molecule has 0 saturated heterocycles. The number of aromatic nitrogens is 1. The highest BCUT2D eigenvalue weighted by Crippen LogP contribution is 2.08. The molecular formula is C14H21N3O3. The van der Waals surface area contributed by atoms with Crippen LogP contribution in [0.25, 0.3) is 0 Å². The van der Waals surface area contributed by atoms with Crippen LogP contribution >= 0.6 is 0 Å². The Kier molecular flexibility index (Phi) is 5.96. The summed E-state index contributed by atoms with van der Waals surface area (Å²) >= 11 is 0. The Labute approximate surface area is 118 Å². The molecule has 110 valence electrons. The second-order valence-electron chi connectivity index (χ2n) is 4.80. The van der Waals surface area contributed by atoms with Crippen molar-refractivity contribution in [1.82, 2.24) is 15.6 Å². The number of aliphatic carboxylic acids is 1. The van der Waals surface area contributed by atoms with Gasteiger partial charge in [0.15, 0.2) is 0 Å². The van der Waals surface area contributed by atoms with E-state index < -0.39 is 18.0 Å². The van der Waals surface area contributed by atoms with Crippen LogP contribution in [0.15, 0.2) is 18.3 Å². The highest BCUT2D eigenvalue weighted by molar-refractivity contribution is 5.82. The summed E-state index contributed by atoms with van der Waals surface area (Å²) in [6, 6.07) is 2.34. The third-order valence-corrected chi connectivity index (χ3v) is 3.30. The molecule has 0 aliphatic carbocycles. The second-order valence-corrected chi connectivity index (χ2v) is 4.80. The zero-order valence-electron chi connectivity index (χ0n) is 12.0. The SMILES string of the molecule is CC[C@H](C)[C@H](NC(=O)NCc1ncccc1C)C(=O)O. The molecule has 1 heterocycles. The highest BCUT2D eigenvalue weighted by Gasteiger charge is 2.25. The Morgan fingerprint density at radius 2 is 2.15 bits per heavy atom. The van der Waals surface area contributed by atoms with E-state index in [4.69, 9.17) is 5.11 Å². The number of nitrogens with one attached hydrogen (secondary N) is 2. The Bertz CT molecular complexity index is 476. The number of carbonyl (C=O) groups excluding carboxylic acids is 1. The third kappa shape index (κ3) is 4.53. The topological polar surface area (TPSA) is 91.3 Å². The summed E-state index contributed by atoms with van der Waals surface area (Å²) in [5.74, 6) is -1.15. The van der Waals surface area contributed by atoms with Crippen LogP contribution in [0.2, 0.25) is 0 Å². The molecular weight excluding hydrogens is 258 g/mol. The lowest BCUT2D eigenvalue weighted by Gasteiger charge is -2.20. The second kappa shape index (κ2) is 7.47. The molecule has 1 rings (SSSR count). The zero-order valence-corrected chi connectivity index (χ0v) is 12.0. The van der Waals surface area contributed by atoms with Gasteiger partial charge in [0, 0.05) is 6.20 Å². The summed E-state index contributed by atoms with van der Waals surface area (Å²) < 4.78 is 0. The first kappa shape index (κ1) is 15.9. The summed E-state index contributed by atoms with van der Waals surface area (Å²) in [7, 11) is 0. The molecule has 1 aromatic heterocycles. The Morgan fingerprint density at radius 1 is 1.45 bits per heavy atom. The number of carboxylic acids is 1. The van der Waals surface area contributed by atoms with E-state index >= 15 is 0 Å². The molecule has 1 aromatic rings. The van der Waals surface area contributed by atoms with E-state index in [9.17, 15) is 9.59 Å². The van der Waals surface area contributed by atoms with Crippen molar-refractivity contribution in [2.45, 2.75) is 39.8 Å². The van der Waals surface area contributed by atoms with Gasteiger partial charge in [-0.2, -0.15) is 0 Å². The van der Waals surface area contributed by atoms with Crippen LogP contribution in [-0.4, -0.2) is 28.1 Å². The van der Waals surface area contributed by atoms with Crippen molar-refractivity contribution in [1.29, 1.82) is 0 Å². The molecule has 0 unspecified atom stereocenters. The number of rotatable bonds is 6. The van der Waals surface area contributed by atoms with Gasteiger partial charge in [0.05, 0.1) is 12.2 Å². The maximum atomic E-state index is 11.7. The van der Waals surface area contributed by atoms with Crippen molar-refractivity contribution in [3.63, 3.8) is 0 Å². The molecule has 0 radical (unpaired) electrons. The number of carbonyl (C=O) groups is 2. The molecule has 0 aromatic carbocycles. The van der Waals surface area contributed by atoms with Crippen LogP contribution in [0.3, 0.4) is 0 Å². The summed E-state index contributed by atoms with van der Waals surface area (Å²) in [4.78, 5) is 27.0. The van der Waals surface area contributed by atoms with Gasteiger partial charge in [-0.3, -0.25) is 4.98 Å². The summed E-state index contributed by atoms with van der Waals surface area (Å²) in [6.07, 6.45) is 2.33. The van der Waals surface area contributed by atoms with E-state index in [0.29, 0.717) is 6.42 Å². The van der Waals surface area contributed by atoms with E-state index in [2.05, 4.69) is 15.6 Å². The zero-order chi connectivity index (χ0) is 15.1. The van der Waals surface area contributed by atoms with Gasteiger partial charge in [-0.15, -0.1) is 0 Å². The average molecular weight is 279 g/mol. The minimum atomic E-state index is -1.02. The normalized spacial score (nSPS) is 13.3. The molecule has 0 aliphatic rings. The predicted molar refractivity (Wildman–Crippen MR) is 75.2 cm³/mol. The van der Waals surface area contributed by atoms with Gasteiger partial charge in [-0.1, -0.05) is 26.3 Å². The fourth-order valence-corrected chi connectivity index (χ4v) is 1.74. The third-order valence-electron chi connectivity index (χ3n) is 3.30. The van der Waals surface area contributed by atoms with E-state index in [1.807, 2.05) is 26.0 Å². The van der Waals surface area contributed by atoms with Crippen LogP contribution < -0.4 is 10.6 Å². The van der Waals surface area contributed by atoms with Gasteiger partial charge in [0.1, 0.15) is 6.04 Å². The first-order valence-electron chi connectivity index (χ1n) is 6.63. The summed E-state index contributed by atoms with van der Waals surface area (Å²) in [5, 5.41) is 14.2. The molecule has 0 saturated carbocycles. The minimum absolute atomic E-state index is 0.130. The molecule has 20 heavy (non-hydrogen) atoms. The standard InChI is InChI=1S/C14H21N3O3/c1-4-9(2)12(13(18)19)17-14(20)16-8-11-10(3)6-5-7-15-11/h5-7,9,12H,4,8H2,1-3H3,(H,18,19)(H2,16,17,20)/t9-,12-/m0/s1. The van der Waals surface area contributed by atoms with Crippen molar-refractivity contribution in [2.24, 2.45) is 5.92 Å². The molecule has 0 fully saturated rings. The summed E-state index contributed by atoms with van der Waals surface area (Å²) in [5.41, 5.74) is 1.74. The van der Waals surface area contributed by atoms with Gasteiger partial charge < -0.3 is 15.7 Å². The maximum Gasteiger partial charge on any atom is 0.326 e. The van der Waals surface area contributed by atoms with E-state index in [1.165, 1.54) is 0 Å². The molecule has 2 atom stereocenters. The molecule has 0 spiro atoms. The molecule has 3 N–H and O–H groups in total. The van der Waals surface area contributed by atoms with Crippen LogP contribution in [-0.2, 0) is 11.3 Å². The number of amides is 2. The Morgan fingerprint density at radius 3 is 2.70 bits per heavy atom. The van der Waals surface area contributed by atoms with Crippen molar-refractivity contribution in [3.8, 4) is 0 Å². The highest BCUT2D eigenvalue weighted by atomic mass is 16.4. The quantitative estimate of drug-likeness (QED) is 0.739. The molecule has 6 heteroatoms. The number of urea groups is 1. The minimum Gasteiger partial charge on any atom is -0.480 e. The lowest BCUT2D eigenvalue weighted by Crippen LogP contribution is -2.49. The largest absolute Gasteiger partial charge is 0.480 e. The number of hydrogen-bond donors (Lipinski definition) is 3. The number of nitrogens with zero attached hydrogens (tertiary/aromatic N) is 1. The van der Waals surface area contributed by atoms with E-state index in [1.54, 1.807) is 13.1 Å². The van der Waals surface area contributed by atoms with Gasteiger partial charge in [-0.25, -0.2) is 9.59 Å². The average Bonchev–Trinajstić information content (AvgIpc) is 2.42.